The van der Waals surface area contributed by atoms with Crippen LogP contribution < -0.4 is 10.9 Å². The summed E-state index contributed by atoms with van der Waals surface area (Å²) in [6, 6.07) is 2.10. The maximum absolute atomic E-state index is 12.4. The lowest BCUT2D eigenvalue weighted by Crippen LogP contribution is -2.52. The highest BCUT2D eigenvalue weighted by atomic mass is 16.5. The molecule has 154 valence electrons. The summed E-state index contributed by atoms with van der Waals surface area (Å²) in [7, 11) is 0. The molecule has 2 aliphatic heterocycles. The molecule has 1 N–H and O–H groups in total. The Balaban J connectivity index is 1.31. The van der Waals surface area contributed by atoms with E-state index in [2.05, 4.69) is 15.3 Å². The Morgan fingerprint density at radius 2 is 2.00 bits per heavy atom. The van der Waals surface area contributed by atoms with Crippen LogP contribution in [0.5, 0.6) is 0 Å². The SMILES string of the molecule is O=C(NCC1CCCCN1CCn1nc2c(cc1=O)CCC2)N1CCOCC1. The van der Waals surface area contributed by atoms with Crippen molar-refractivity contribution in [3.8, 4) is 0 Å². The molecule has 1 unspecified atom stereocenters. The van der Waals surface area contributed by atoms with Crippen molar-refractivity contribution in [3.05, 3.63) is 27.7 Å². The number of nitrogens with one attached hydrogen (secondary N) is 1. The predicted molar refractivity (Wildman–Crippen MR) is 106 cm³/mol. The minimum atomic E-state index is 0.00494. The fraction of sp³-hybridized carbons (Fsp3) is 0.750. The molecule has 28 heavy (non-hydrogen) atoms. The minimum absolute atomic E-state index is 0.00494. The number of nitrogens with zero attached hydrogens (tertiary/aromatic N) is 4. The second-order valence-electron chi connectivity index (χ2n) is 8.00. The molecule has 1 aliphatic carbocycles. The lowest BCUT2D eigenvalue weighted by atomic mass is 10.0. The molecule has 0 saturated carbocycles. The van der Waals surface area contributed by atoms with Gasteiger partial charge in [-0.2, -0.15) is 5.10 Å². The van der Waals surface area contributed by atoms with Crippen molar-refractivity contribution in [2.45, 2.75) is 51.1 Å². The lowest BCUT2D eigenvalue weighted by molar-refractivity contribution is 0.0521. The van der Waals surface area contributed by atoms with Crippen LogP contribution in [0.4, 0.5) is 4.79 Å². The number of aryl methyl sites for hydroxylation is 2. The average molecular weight is 390 g/mol. The number of hydrogen-bond acceptors (Lipinski definition) is 5. The van der Waals surface area contributed by atoms with Gasteiger partial charge in [0.25, 0.3) is 5.56 Å². The van der Waals surface area contributed by atoms with Crippen molar-refractivity contribution >= 4 is 6.03 Å². The standard InChI is InChI=1S/C20H31N5O3/c26-19-14-16-4-3-6-18(16)22-25(19)9-8-23-7-2-1-5-17(23)15-21-20(27)24-10-12-28-13-11-24/h14,17H,1-13,15H2,(H,21,27). The van der Waals surface area contributed by atoms with Crippen LogP contribution in [0.2, 0.25) is 0 Å². The van der Waals surface area contributed by atoms with Crippen molar-refractivity contribution < 1.29 is 9.53 Å². The molecular formula is C20H31N5O3. The number of likely N-dealkylation sites (tertiary alicyclic amines) is 1. The Bertz CT molecular complexity index is 744. The fourth-order valence-corrected chi connectivity index (χ4v) is 4.49. The van der Waals surface area contributed by atoms with Gasteiger partial charge in [-0.25, -0.2) is 9.48 Å². The molecule has 1 atom stereocenters. The summed E-state index contributed by atoms with van der Waals surface area (Å²) in [5, 5.41) is 7.69. The van der Waals surface area contributed by atoms with Crippen LogP contribution in [0.25, 0.3) is 0 Å². The topological polar surface area (TPSA) is 79.7 Å². The Morgan fingerprint density at radius 1 is 1.14 bits per heavy atom. The lowest BCUT2D eigenvalue weighted by Gasteiger charge is -2.36. The zero-order valence-corrected chi connectivity index (χ0v) is 16.6. The van der Waals surface area contributed by atoms with Crippen LogP contribution >= 0.6 is 0 Å². The van der Waals surface area contributed by atoms with E-state index in [-0.39, 0.29) is 11.6 Å². The molecule has 0 bridgehead atoms. The molecule has 0 spiro atoms. The molecule has 0 radical (unpaired) electrons. The van der Waals surface area contributed by atoms with E-state index in [9.17, 15) is 9.59 Å². The van der Waals surface area contributed by atoms with Crippen LogP contribution in [0.15, 0.2) is 10.9 Å². The number of piperidine rings is 1. The van der Waals surface area contributed by atoms with E-state index in [1.807, 2.05) is 4.90 Å². The molecule has 3 heterocycles. The Kier molecular flexibility index (Phi) is 6.26. The van der Waals surface area contributed by atoms with Gasteiger partial charge in [-0.1, -0.05) is 6.42 Å². The minimum Gasteiger partial charge on any atom is -0.378 e. The first kappa shape index (κ1) is 19.4. The molecule has 0 aromatic carbocycles. The normalized spacial score (nSPS) is 22.9. The summed E-state index contributed by atoms with van der Waals surface area (Å²) in [5.41, 5.74) is 2.23. The molecule has 4 rings (SSSR count). The van der Waals surface area contributed by atoms with E-state index in [1.54, 1.807) is 10.7 Å². The quantitative estimate of drug-likeness (QED) is 0.799. The molecule has 8 nitrogen and oxygen atoms in total. The van der Waals surface area contributed by atoms with Gasteiger partial charge in [-0.3, -0.25) is 9.69 Å². The summed E-state index contributed by atoms with van der Waals surface area (Å²) < 4.78 is 6.94. The molecule has 1 aromatic rings. The van der Waals surface area contributed by atoms with Gasteiger partial charge in [0, 0.05) is 38.3 Å². The number of ether oxygens (including phenoxy) is 1. The van der Waals surface area contributed by atoms with E-state index in [0.29, 0.717) is 45.4 Å². The number of fused-ring (bicyclic) bond motifs is 1. The molecule has 2 amide bonds. The van der Waals surface area contributed by atoms with Crippen LogP contribution in [-0.4, -0.2) is 77.6 Å². The van der Waals surface area contributed by atoms with Gasteiger partial charge >= 0.3 is 6.03 Å². The number of carbonyl (C=O) groups is 1. The number of rotatable bonds is 5. The van der Waals surface area contributed by atoms with E-state index in [4.69, 9.17) is 4.74 Å². The second kappa shape index (κ2) is 9.05. The number of aromatic nitrogens is 2. The van der Waals surface area contributed by atoms with Crippen molar-refractivity contribution in [2.24, 2.45) is 0 Å². The van der Waals surface area contributed by atoms with Gasteiger partial charge in [-0.05, 0) is 44.2 Å². The highest BCUT2D eigenvalue weighted by Crippen LogP contribution is 2.18. The number of urea groups is 1. The Morgan fingerprint density at radius 3 is 2.86 bits per heavy atom. The summed E-state index contributed by atoms with van der Waals surface area (Å²) in [5.74, 6) is 0. The number of carbonyl (C=O) groups excluding carboxylic acids is 1. The maximum atomic E-state index is 12.4. The largest absolute Gasteiger partial charge is 0.378 e. The smallest absolute Gasteiger partial charge is 0.317 e. The first-order chi connectivity index (χ1) is 13.7. The highest BCUT2D eigenvalue weighted by Gasteiger charge is 2.24. The van der Waals surface area contributed by atoms with Crippen LogP contribution in [-0.2, 0) is 24.1 Å². The van der Waals surface area contributed by atoms with Crippen molar-refractivity contribution in [1.82, 2.24) is 24.9 Å². The summed E-state index contributed by atoms with van der Waals surface area (Å²) in [6.07, 6.45) is 6.50. The molecule has 2 saturated heterocycles. The molecule has 1 aromatic heterocycles. The fourth-order valence-electron chi connectivity index (χ4n) is 4.49. The molecule has 8 heteroatoms. The Labute approximate surface area is 165 Å². The number of hydrogen-bond donors (Lipinski definition) is 1. The van der Waals surface area contributed by atoms with Crippen molar-refractivity contribution in [2.75, 3.05) is 45.9 Å². The van der Waals surface area contributed by atoms with Gasteiger partial charge < -0.3 is 15.0 Å². The number of amides is 2. The van der Waals surface area contributed by atoms with E-state index < -0.39 is 0 Å². The highest BCUT2D eigenvalue weighted by molar-refractivity contribution is 5.74. The molecule has 2 fully saturated rings. The third kappa shape index (κ3) is 4.55. The van der Waals surface area contributed by atoms with E-state index >= 15 is 0 Å². The third-order valence-corrected chi connectivity index (χ3v) is 6.16. The van der Waals surface area contributed by atoms with Crippen molar-refractivity contribution in [3.63, 3.8) is 0 Å². The Hall–Kier alpha value is -1.93. The zero-order valence-electron chi connectivity index (χ0n) is 16.6. The van der Waals surface area contributed by atoms with Gasteiger partial charge in [0.1, 0.15) is 0 Å². The zero-order chi connectivity index (χ0) is 19.3. The second-order valence-corrected chi connectivity index (χ2v) is 8.00. The van der Waals surface area contributed by atoms with Gasteiger partial charge in [-0.15, -0.1) is 0 Å². The van der Waals surface area contributed by atoms with E-state index in [0.717, 1.165) is 50.0 Å². The molecule has 3 aliphatic rings. The van der Waals surface area contributed by atoms with Gasteiger partial charge in [0.2, 0.25) is 0 Å². The van der Waals surface area contributed by atoms with E-state index in [1.165, 1.54) is 12.8 Å². The average Bonchev–Trinajstić information content (AvgIpc) is 3.18. The van der Waals surface area contributed by atoms with Gasteiger partial charge in [0.05, 0.1) is 25.5 Å². The maximum Gasteiger partial charge on any atom is 0.317 e. The van der Waals surface area contributed by atoms with Crippen LogP contribution in [0.3, 0.4) is 0 Å². The van der Waals surface area contributed by atoms with Crippen LogP contribution in [0, 0.1) is 0 Å². The molecular weight excluding hydrogens is 358 g/mol. The first-order valence-corrected chi connectivity index (χ1v) is 10.7. The third-order valence-electron chi connectivity index (χ3n) is 6.16. The monoisotopic (exact) mass is 389 g/mol. The van der Waals surface area contributed by atoms with Crippen LogP contribution in [0.1, 0.15) is 36.9 Å². The summed E-state index contributed by atoms with van der Waals surface area (Å²) in [4.78, 5) is 28.9. The van der Waals surface area contributed by atoms with Gasteiger partial charge in [0.15, 0.2) is 0 Å². The first-order valence-electron chi connectivity index (χ1n) is 10.7. The van der Waals surface area contributed by atoms with Crippen molar-refractivity contribution in [1.29, 1.82) is 0 Å². The summed E-state index contributed by atoms with van der Waals surface area (Å²) >= 11 is 0. The summed E-state index contributed by atoms with van der Waals surface area (Å²) in [6.45, 7) is 5.63. The predicted octanol–water partition coefficient (Wildman–Crippen LogP) is 0.628. The number of morpholine rings is 1.